The predicted molar refractivity (Wildman–Crippen MR) is 158 cm³/mol. The van der Waals surface area contributed by atoms with E-state index in [2.05, 4.69) is 30.5 Å². The van der Waals surface area contributed by atoms with Crippen LogP contribution in [0.5, 0.6) is 5.75 Å². The van der Waals surface area contributed by atoms with E-state index in [-0.39, 0.29) is 18.1 Å². The Bertz CT molecular complexity index is 2080. The van der Waals surface area contributed by atoms with E-state index in [0.29, 0.717) is 39.5 Å². The number of rotatable bonds is 6. The van der Waals surface area contributed by atoms with Crippen molar-refractivity contribution < 1.29 is 14.3 Å². The highest BCUT2D eigenvalue weighted by Crippen LogP contribution is 2.34. The van der Waals surface area contributed by atoms with Gasteiger partial charge in [-0.2, -0.15) is 5.10 Å². The number of phenols is 1. The van der Waals surface area contributed by atoms with Crippen LogP contribution >= 0.6 is 0 Å². The number of fused-ring (bicyclic) bond motifs is 2. The molecule has 0 saturated carbocycles. The van der Waals surface area contributed by atoms with Crippen molar-refractivity contribution in [3.8, 4) is 39.7 Å². The summed E-state index contributed by atoms with van der Waals surface area (Å²) in [6.45, 7) is 0. The number of carbonyl (C=O) groups is 1. The molecule has 2 aromatic carbocycles. The molecule has 0 saturated heterocycles. The second-order valence-electron chi connectivity index (χ2n) is 9.84. The van der Waals surface area contributed by atoms with Crippen LogP contribution in [0.15, 0.2) is 97.5 Å². The molecule has 7 rings (SSSR count). The number of hydrogen-bond acceptors (Lipinski definition) is 6. The fourth-order valence-corrected chi connectivity index (χ4v) is 5.00. The Kier molecular flexibility index (Phi) is 6.12. The molecule has 0 atom stereocenters. The summed E-state index contributed by atoms with van der Waals surface area (Å²) in [4.78, 5) is 29.6. The van der Waals surface area contributed by atoms with Gasteiger partial charge in [0.15, 0.2) is 0 Å². The number of hydrogen-bond donors (Lipinski definition) is 4. The largest absolute Gasteiger partial charge is 0.508 e. The molecule has 0 aliphatic heterocycles. The van der Waals surface area contributed by atoms with Crippen molar-refractivity contribution in [2.24, 2.45) is 0 Å². The number of aromatic hydroxyl groups is 1. The maximum absolute atomic E-state index is 14.0. The molecular weight excluding hydrogens is 533 g/mol. The number of anilines is 1. The molecule has 10 heteroatoms. The standard InChI is InChI=1S/C32H22FN7O2/c33-21-11-19(13-23(41)14-21)30-24-15-28(37-26(24)8-9-35-30)32-31-27(39-40-32)7-6-25(38-31)20-12-22(17-34-16-20)36-29(42)10-18-4-2-1-3-5-18/h1-9,11-17,37,41H,10H2,(H,36,42)(H,39,40). The van der Waals surface area contributed by atoms with E-state index in [9.17, 15) is 14.3 Å². The van der Waals surface area contributed by atoms with E-state index in [4.69, 9.17) is 4.98 Å². The van der Waals surface area contributed by atoms with Gasteiger partial charge in [-0.15, -0.1) is 0 Å². The van der Waals surface area contributed by atoms with Crippen molar-refractivity contribution in [3.05, 3.63) is 109 Å². The number of benzene rings is 2. The Morgan fingerprint density at radius 1 is 0.905 bits per heavy atom. The van der Waals surface area contributed by atoms with Gasteiger partial charge >= 0.3 is 0 Å². The lowest BCUT2D eigenvalue weighted by Gasteiger charge is -2.07. The summed E-state index contributed by atoms with van der Waals surface area (Å²) in [5.41, 5.74) is 7.29. The van der Waals surface area contributed by atoms with Gasteiger partial charge in [-0.1, -0.05) is 30.3 Å². The fourth-order valence-electron chi connectivity index (χ4n) is 5.00. The van der Waals surface area contributed by atoms with Crippen molar-refractivity contribution in [1.29, 1.82) is 0 Å². The van der Waals surface area contributed by atoms with E-state index >= 15 is 0 Å². The van der Waals surface area contributed by atoms with Gasteiger partial charge in [0.25, 0.3) is 0 Å². The Hall–Kier alpha value is -5.90. The minimum Gasteiger partial charge on any atom is -0.508 e. The summed E-state index contributed by atoms with van der Waals surface area (Å²) < 4.78 is 14.0. The highest BCUT2D eigenvalue weighted by molar-refractivity contribution is 5.99. The lowest BCUT2D eigenvalue weighted by molar-refractivity contribution is -0.115. The second kappa shape index (κ2) is 10.3. The first-order valence-corrected chi connectivity index (χ1v) is 13.1. The third-order valence-electron chi connectivity index (χ3n) is 6.89. The molecule has 0 fully saturated rings. The van der Waals surface area contributed by atoms with Crippen molar-refractivity contribution in [1.82, 2.24) is 30.1 Å². The molecule has 204 valence electrons. The number of pyridine rings is 3. The number of aromatic amines is 2. The molecule has 1 amide bonds. The van der Waals surface area contributed by atoms with Gasteiger partial charge in [-0.3, -0.25) is 19.9 Å². The Morgan fingerprint density at radius 2 is 1.79 bits per heavy atom. The van der Waals surface area contributed by atoms with E-state index in [1.165, 1.54) is 12.1 Å². The average molecular weight is 556 g/mol. The van der Waals surface area contributed by atoms with Crippen LogP contribution in [0.3, 0.4) is 0 Å². The van der Waals surface area contributed by atoms with Gasteiger partial charge in [0, 0.05) is 40.5 Å². The molecule has 0 aliphatic rings. The zero-order valence-corrected chi connectivity index (χ0v) is 22.0. The third-order valence-corrected chi connectivity index (χ3v) is 6.89. The first-order valence-electron chi connectivity index (χ1n) is 13.1. The second-order valence-corrected chi connectivity index (χ2v) is 9.84. The average Bonchev–Trinajstić information content (AvgIpc) is 3.61. The summed E-state index contributed by atoms with van der Waals surface area (Å²) in [5, 5.41) is 21.1. The van der Waals surface area contributed by atoms with Crippen LogP contribution in [0.4, 0.5) is 10.1 Å². The summed E-state index contributed by atoms with van der Waals surface area (Å²) in [7, 11) is 0. The van der Waals surface area contributed by atoms with Crippen LogP contribution in [0.2, 0.25) is 0 Å². The molecule has 0 spiro atoms. The first kappa shape index (κ1) is 25.1. The fraction of sp³-hybridized carbons (Fsp3) is 0.0312. The SMILES string of the molecule is O=C(Cc1ccccc1)Nc1cncc(-c2ccc3[nH]nc(-c4cc5c(-c6cc(O)cc(F)c6)nccc5[nH]4)c3n2)c1. The van der Waals surface area contributed by atoms with Gasteiger partial charge in [-0.05, 0) is 48.0 Å². The predicted octanol–water partition coefficient (Wildman–Crippen LogP) is 6.26. The monoisotopic (exact) mass is 555 g/mol. The van der Waals surface area contributed by atoms with Crippen molar-refractivity contribution in [3.63, 3.8) is 0 Å². The number of H-pyrrole nitrogens is 2. The Morgan fingerprint density at radius 3 is 2.64 bits per heavy atom. The molecule has 5 heterocycles. The van der Waals surface area contributed by atoms with E-state index in [1.54, 1.807) is 18.6 Å². The van der Waals surface area contributed by atoms with Gasteiger partial charge < -0.3 is 15.4 Å². The van der Waals surface area contributed by atoms with Crippen LogP contribution in [0, 0.1) is 5.82 Å². The number of aromatic nitrogens is 6. The normalized spacial score (nSPS) is 11.3. The van der Waals surface area contributed by atoms with Gasteiger partial charge in [0.05, 0.1) is 40.9 Å². The van der Waals surface area contributed by atoms with Crippen molar-refractivity contribution in [2.75, 3.05) is 5.32 Å². The first-order chi connectivity index (χ1) is 20.5. The lowest BCUT2D eigenvalue weighted by atomic mass is 10.1. The minimum atomic E-state index is -0.552. The van der Waals surface area contributed by atoms with E-state index in [0.717, 1.165) is 33.6 Å². The van der Waals surface area contributed by atoms with E-state index in [1.807, 2.05) is 60.7 Å². The smallest absolute Gasteiger partial charge is 0.228 e. The molecule has 0 aliphatic carbocycles. The lowest BCUT2D eigenvalue weighted by Crippen LogP contribution is -2.14. The summed E-state index contributed by atoms with van der Waals surface area (Å²) in [6.07, 6.45) is 5.17. The molecule has 0 radical (unpaired) electrons. The third kappa shape index (κ3) is 4.81. The molecule has 9 nitrogen and oxygen atoms in total. The van der Waals surface area contributed by atoms with Crippen molar-refractivity contribution in [2.45, 2.75) is 6.42 Å². The number of phenolic OH excluding ortho intramolecular Hbond substituents is 1. The molecule has 7 aromatic rings. The number of nitrogens with one attached hydrogen (secondary N) is 3. The van der Waals surface area contributed by atoms with Crippen LogP contribution in [-0.4, -0.2) is 41.1 Å². The maximum Gasteiger partial charge on any atom is 0.228 e. The van der Waals surface area contributed by atoms with Crippen LogP contribution < -0.4 is 5.32 Å². The number of nitrogens with zero attached hydrogens (tertiary/aromatic N) is 4. The zero-order chi connectivity index (χ0) is 28.6. The number of carbonyl (C=O) groups excluding carboxylic acids is 1. The topological polar surface area (TPSA) is 132 Å². The summed E-state index contributed by atoms with van der Waals surface area (Å²) in [6, 6.07) is 22.7. The summed E-state index contributed by atoms with van der Waals surface area (Å²) >= 11 is 0. The van der Waals surface area contributed by atoms with Gasteiger partial charge in [-0.25, -0.2) is 9.37 Å². The van der Waals surface area contributed by atoms with Crippen LogP contribution in [-0.2, 0) is 11.2 Å². The minimum absolute atomic E-state index is 0.137. The number of amides is 1. The van der Waals surface area contributed by atoms with Gasteiger partial charge in [0.1, 0.15) is 22.8 Å². The van der Waals surface area contributed by atoms with Gasteiger partial charge in [0.2, 0.25) is 5.91 Å². The molecular formula is C32H22FN7O2. The Labute approximate surface area is 238 Å². The number of halogens is 1. The highest BCUT2D eigenvalue weighted by Gasteiger charge is 2.17. The zero-order valence-electron chi connectivity index (χ0n) is 22.0. The Balaban J connectivity index is 1.22. The van der Waals surface area contributed by atoms with Crippen molar-refractivity contribution >= 4 is 33.5 Å². The molecule has 42 heavy (non-hydrogen) atoms. The van der Waals surface area contributed by atoms with Crippen LogP contribution in [0.25, 0.3) is 55.8 Å². The molecule has 0 unspecified atom stereocenters. The molecule has 5 aromatic heterocycles. The summed E-state index contributed by atoms with van der Waals surface area (Å²) in [5.74, 6) is -0.866. The van der Waals surface area contributed by atoms with E-state index < -0.39 is 5.82 Å². The maximum atomic E-state index is 14.0. The van der Waals surface area contributed by atoms with Crippen LogP contribution in [0.1, 0.15) is 5.56 Å². The molecule has 4 N–H and O–H groups in total. The quantitative estimate of drug-likeness (QED) is 0.192. The molecule has 0 bridgehead atoms. The highest BCUT2D eigenvalue weighted by atomic mass is 19.1.